The second kappa shape index (κ2) is 10.2. The molecule has 0 aliphatic carbocycles. The Labute approximate surface area is 168 Å². The van der Waals surface area contributed by atoms with Crippen LogP contribution >= 0.6 is 34.8 Å². The summed E-state index contributed by atoms with van der Waals surface area (Å²) in [6, 6.07) is 12.6. The fourth-order valence-electron chi connectivity index (χ4n) is 2.09. The third-order valence-corrected chi connectivity index (χ3v) is 4.23. The van der Waals surface area contributed by atoms with E-state index in [-0.39, 0.29) is 11.9 Å². The predicted octanol–water partition coefficient (Wildman–Crippen LogP) is 6.43. The minimum absolute atomic E-state index is 0.0995. The Kier molecular flexibility index (Phi) is 7.99. The number of carbonyl (C=O) groups excluding carboxylic acids is 1. The van der Waals surface area contributed by atoms with Crippen molar-refractivity contribution in [3.63, 3.8) is 0 Å². The normalized spacial score (nSPS) is 12.9. The summed E-state index contributed by atoms with van der Waals surface area (Å²) >= 11 is 17.8. The molecule has 0 bridgehead atoms. The molecule has 0 saturated heterocycles. The van der Waals surface area contributed by atoms with E-state index in [2.05, 4.69) is 5.32 Å². The molecule has 0 heterocycles. The molecule has 5 heteroatoms. The first kappa shape index (κ1) is 20.3. The third kappa shape index (κ3) is 7.09. The molecular formula is C21H18Cl3NO. The van der Waals surface area contributed by atoms with Gasteiger partial charge in [-0.25, -0.2) is 0 Å². The van der Waals surface area contributed by atoms with E-state index in [9.17, 15) is 4.79 Å². The number of nitrogens with one attached hydrogen (secondary N) is 1. The van der Waals surface area contributed by atoms with Crippen LogP contribution in [0.3, 0.4) is 0 Å². The number of hydrogen-bond donors (Lipinski definition) is 1. The predicted molar refractivity (Wildman–Crippen MR) is 113 cm³/mol. The first-order chi connectivity index (χ1) is 12.4. The lowest BCUT2D eigenvalue weighted by molar-refractivity contribution is -0.116. The SMILES string of the molecule is CC(/C=C/c1ccc(Cl)cc1)NC(=O)/C=C/C=C/c1ccc(Cl)cc1Cl. The molecule has 0 saturated carbocycles. The molecule has 0 radical (unpaired) electrons. The summed E-state index contributed by atoms with van der Waals surface area (Å²) in [6.45, 7) is 1.90. The van der Waals surface area contributed by atoms with E-state index >= 15 is 0 Å². The molecule has 2 rings (SSSR count). The Hall–Kier alpha value is -2.00. The smallest absolute Gasteiger partial charge is 0.244 e. The van der Waals surface area contributed by atoms with E-state index in [1.54, 1.807) is 24.3 Å². The fraction of sp³-hybridized carbons (Fsp3) is 0.0952. The van der Waals surface area contributed by atoms with Crippen LogP contribution in [0.4, 0.5) is 0 Å². The van der Waals surface area contributed by atoms with E-state index in [0.717, 1.165) is 11.1 Å². The summed E-state index contributed by atoms with van der Waals surface area (Å²) in [5, 5.41) is 4.71. The highest BCUT2D eigenvalue weighted by atomic mass is 35.5. The Balaban J connectivity index is 1.84. The maximum atomic E-state index is 11.9. The molecule has 1 N–H and O–H groups in total. The standard InChI is InChI=1S/C21H18Cl3NO/c1-15(6-7-16-8-11-18(22)12-9-16)25-21(26)5-3-2-4-17-10-13-19(23)14-20(17)24/h2-15H,1H3,(H,25,26)/b4-2+,5-3+,7-6+. The van der Waals surface area contributed by atoms with Crippen molar-refractivity contribution in [2.75, 3.05) is 0 Å². The van der Waals surface area contributed by atoms with Crippen molar-refractivity contribution in [2.45, 2.75) is 13.0 Å². The molecule has 2 aromatic rings. The van der Waals surface area contributed by atoms with Crippen molar-refractivity contribution in [3.8, 4) is 0 Å². The summed E-state index contributed by atoms with van der Waals surface area (Å²) < 4.78 is 0. The van der Waals surface area contributed by atoms with Crippen LogP contribution in [0.5, 0.6) is 0 Å². The van der Waals surface area contributed by atoms with Gasteiger partial charge in [0.2, 0.25) is 5.91 Å². The third-order valence-electron chi connectivity index (χ3n) is 3.41. The zero-order valence-corrected chi connectivity index (χ0v) is 16.4. The minimum atomic E-state index is -0.176. The lowest BCUT2D eigenvalue weighted by Gasteiger charge is -2.06. The summed E-state index contributed by atoms with van der Waals surface area (Å²) in [4.78, 5) is 11.9. The fourth-order valence-corrected chi connectivity index (χ4v) is 2.69. The molecule has 0 aromatic heterocycles. The van der Waals surface area contributed by atoms with Crippen LogP contribution in [0, 0.1) is 0 Å². The Morgan fingerprint density at radius 1 is 0.962 bits per heavy atom. The highest BCUT2D eigenvalue weighted by Crippen LogP contribution is 2.21. The number of halogens is 3. The number of allylic oxidation sites excluding steroid dienone is 2. The Bertz CT molecular complexity index is 839. The van der Waals surface area contributed by atoms with Gasteiger partial charge in [0, 0.05) is 27.2 Å². The highest BCUT2D eigenvalue weighted by molar-refractivity contribution is 6.35. The van der Waals surface area contributed by atoms with Crippen LogP contribution in [0.1, 0.15) is 18.1 Å². The first-order valence-electron chi connectivity index (χ1n) is 7.98. The molecule has 0 spiro atoms. The van der Waals surface area contributed by atoms with Crippen LogP contribution in [0.15, 0.2) is 66.8 Å². The van der Waals surface area contributed by atoms with Crippen LogP contribution < -0.4 is 5.32 Å². The van der Waals surface area contributed by atoms with Gasteiger partial charge in [-0.3, -0.25) is 4.79 Å². The van der Waals surface area contributed by atoms with Gasteiger partial charge in [0.15, 0.2) is 0 Å². The van der Waals surface area contributed by atoms with E-state index in [4.69, 9.17) is 34.8 Å². The van der Waals surface area contributed by atoms with Crippen LogP contribution in [0.25, 0.3) is 12.2 Å². The zero-order chi connectivity index (χ0) is 18.9. The molecule has 1 amide bonds. The number of hydrogen-bond acceptors (Lipinski definition) is 1. The maximum absolute atomic E-state index is 11.9. The second-order valence-electron chi connectivity index (χ2n) is 5.59. The second-order valence-corrected chi connectivity index (χ2v) is 6.87. The van der Waals surface area contributed by atoms with Crippen LogP contribution in [-0.2, 0) is 4.79 Å². The molecule has 0 aliphatic rings. The number of carbonyl (C=O) groups is 1. The quantitative estimate of drug-likeness (QED) is 0.434. The van der Waals surface area contributed by atoms with E-state index in [0.29, 0.717) is 15.1 Å². The van der Waals surface area contributed by atoms with E-state index < -0.39 is 0 Å². The summed E-state index contributed by atoms with van der Waals surface area (Å²) in [5.74, 6) is -0.176. The van der Waals surface area contributed by atoms with Gasteiger partial charge in [-0.05, 0) is 42.3 Å². The number of rotatable bonds is 6. The van der Waals surface area contributed by atoms with Crippen molar-refractivity contribution in [2.24, 2.45) is 0 Å². The van der Waals surface area contributed by atoms with E-state index in [1.807, 2.05) is 55.5 Å². The Morgan fingerprint density at radius 2 is 1.65 bits per heavy atom. The van der Waals surface area contributed by atoms with Gasteiger partial charge >= 0.3 is 0 Å². The van der Waals surface area contributed by atoms with Gasteiger partial charge in [-0.1, -0.05) is 83.4 Å². The first-order valence-corrected chi connectivity index (χ1v) is 9.11. The average Bonchev–Trinajstić information content (AvgIpc) is 2.59. The molecule has 2 aromatic carbocycles. The number of amides is 1. The van der Waals surface area contributed by atoms with E-state index in [1.165, 1.54) is 6.08 Å². The number of benzene rings is 2. The summed E-state index contributed by atoms with van der Waals surface area (Å²) in [5.41, 5.74) is 1.86. The molecule has 134 valence electrons. The largest absolute Gasteiger partial charge is 0.347 e. The van der Waals surface area contributed by atoms with Crippen molar-refractivity contribution in [1.82, 2.24) is 5.32 Å². The summed E-state index contributed by atoms with van der Waals surface area (Å²) in [7, 11) is 0. The maximum Gasteiger partial charge on any atom is 0.244 e. The van der Waals surface area contributed by atoms with Crippen molar-refractivity contribution < 1.29 is 4.79 Å². The molecule has 0 fully saturated rings. The van der Waals surface area contributed by atoms with Gasteiger partial charge in [0.25, 0.3) is 0 Å². The topological polar surface area (TPSA) is 29.1 Å². The van der Waals surface area contributed by atoms with Gasteiger partial charge in [0.05, 0.1) is 0 Å². The lowest BCUT2D eigenvalue weighted by atomic mass is 10.2. The Morgan fingerprint density at radius 3 is 2.35 bits per heavy atom. The summed E-state index contributed by atoms with van der Waals surface area (Å²) in [6.07, 6.45) is 10.5. The van der Waals surface area contributed by atoms with Crippen LogP contribution in [0.2, 0.25) is 15.1 Å². The molecule has 1 atom stereocenters. The van der Waals surface area contributed by atoms with Gasteiger partial charge in [0.1, 0.15) is 0 Å². The van der Waals surface area contributed by atoms with Gasteiger partial charge in [-0.2, -0.15) is 0 Å². The highest BCUT2D eigenvalue weighted by Gasteiger charge is 2.00. The van der Waals surface area contributed by atoms with Gasteiger partial charge in [-0.15, -0.1) is 0 Å². The molecule has 1 unspecified atom stereocenters. The average molecular weight is 407 g/mol. The molecule has 0 aliphatic heterocycles. The van der Waals surface area contributed by atoms with Crippen molar-refractivity contribution >= 4 is 52.9 Å². The van der Waals surface area contributed by atoms with Gasteiger partial charge < -0.3 is 5.32 Å². The lowest BCUT2D eigenvalue weighted by Crippen LogP contribution is -2.29. The monoisotopic (exact) mass is 405 g/mol. The molecule has 26 heavy (non-hydrogen) atoms. The minimum Gasteiger partial charge on any atom is -0.347 e. The molecule has 2 nitrogen and oxygen atoms in total. The van der Waals surface area contributed by atoms with Crippen molar-refractivity contribution in [3.05, 3.63) is 93.0 Å². The van der Waals surface area contributed by atoms with Crippen molar-refractivity contribution in [1.29, 1.82) is 0 Å². The zero-order valence-electron chi connectivity index (χ0n) is 14.1. The molecular weight excluding hydrogens is 389 g/mol. The van der Waals surface area contributed by atoms with Crippen LogP contribution in [-0.4, -0.2) is 11.9 Å².